The standard InChI is InChI=1S/C44H44F6N4O/c1-25-39(40-34(43(45,46)47)13-11-14-35(40)44(48,49)50)26(2)54(52-25)29-20-28(42(6,7)8)21-31(23-29)55-30-16-17-33-32-12-9-10-15-36(32)53(37(33)24-30)38-22-27(18-19-51-38)41(3,4)5/h9-10,12-13,15-24,35,40H,11,14H2,1-8H3/t35-,40?/m0/s1. The highest BCUT2D eigenvalue weighted by molar-refractivity contribution is 6.09. The Bertz CT molecular complexity index is 2450. The van der Waals surface area contributed by atoms with Crippen LogP contribution in [0.4, 0.5) is 26.3 Å². The molecule has 55 heavy (non-hydrogen) atoms. The second-order valence-corrected chi connectivity index (χ2v) is 16.6. The Morgan fingerprint density at radius 1 is 0.727 bits per heavy atom. The van der Waals surface area contributed by atoms with Gasteiger partial charge in [0.15, 0.2) is 0 Å². The minimum absolute atomic E-state index is 0.0587. The van der Waals surface area contributed by atoms with Gasteiger partial charge in [-0.25, -0.2) is 9.67 Å². The predicted octanol–water partition coefficient (Wildman–Crippen LogP) is 12.9. The SMILES string of the molecule is Cc1nn(-c2cc(Oc3ccc4c5ccccc5n(-c5cc(C(C)(C)C)ccn5)c4c3)cc(C(C)(C)C)c2)c(C)c1C1C(C(F)(F)F)=CCC[C@@H]1C(F)(F)F. The third kappa shape index (κ3) is 7.13. The van der Waals surface area contributed by atoms with Gasteiger partial charge in [0, 0.05) is 51.9 Å². The van der Waals surface area contributed by atoms with Gasteiger partial charge < -0.3 is 4.74 Å². The van der Waals surface area contributed by atoms with Gasteiger partial charge in [0.1, 0.15) is 17.3 Å². The van der Waals surface area contributed by atoms with Crippen molar-refractivity contribution >= 4 is 21.8 Å². The molecule has 0 spiro atoms. The van der Waals surface area contributed by atoms with Gasteiger partial charge in [-0.15, -0.1) is 0 Å². The van der Waals surface area contributed by atoms with Crippen molar-refractivity contribution in [2.24, 2.45) is 5.92 Å². The van der Waals surface area contributed by atoms with Gasteiger partial charge in [-0.2, -0.15) is 31.4 Å². The highest BCUT2D eigenvalue weighted by Gasteiger charge is 2.54. The molecule has 6 aromatic rings. The van der Waals surface area contributed by atoms with Crippen molar-refractivity contribution in [1.82, 2.24) is 19.3 Å². The van der Waals surface area contributed by atoms with E-state index < -0.39 is 41.6 Å². The van der Waals surface area contributed by atoms with Crippen molar-refractivity contribution in [1.29, 1.82) is 0 Å². The third-order valence-corrected chi connectivity index (χ3v) is 10.7. The largest absolute Gasteiger partial charge is 0.457 e. The fourth-order valence-electron chi connectivity index (χ4n) is 7.89. The van der Waals surface area contributed by atoms with Gasteiger partial charge in [0.25, 0.3) is 0 Å². The van der Waals surface area contributed by atoms with Crippen LogP contribution in [-0.2, 0) is 10.8 Å². The topological polar surface area (TPSA) is 44.9 Å². The second-order valence-electron chi connectivity index (χ2n) is 16.6. The molecule has 1 aliphatic rings. The molecule has 0 bridgehead atoms. The molecule has 288 valence electrons. The average molecular weight is 759 g/mol. The number of para-hydroxylation sites is 1. The predicted molar refractivity (Wildman–Crippen MR) is 205 cm³/mol. The summed E-state index contributed by atoms with van der Waals surface area (Å²) in [5.74, 6) is -2.39. The summed E-state index contributed by atoms with van der Waals surface area (Å²) >= 11 is 0. The normalized spacial score (nSPS) is 17.2. The zero-order valence-electron chi connectivity index (χ0n) is 32.1. The van der Waals surface area contributed by atoms with Gasteiger partial charge in [-0.05, 0) is 91.1 Å². The summed E-state index contributed by atoms with van der Waals surface area (Å²) in [5.41, 5.74) is 2.90. The maximum Gasteiger partial charge on any atom is 0.412 e. The highest BCUT2D eigenvalue weighted by atomic mass is 19.4. The molecule has 11 heteroatoms. The van der Waals surface area contributed by atoms with E-state index in [9.17, 15) is 26.3 Å². The first-order valence-electron chi connectivity index (χ1n) is 18.4. The molecular weight excluding hydrogens is 714 g/mol. The molecule has 5 nitrogen and oxygen atoms in total. The minimum atomic E-state index is -4.93. The molecular formula is C44H44F6N4O. The van der Waals surface area contributed by atoms with E-state index in [2.05, 4.69) is 48.6 Å². The van der Waals surface area contributed by atoms with Crippen molar-refractivity contribution in [2.45, 2.75) is 97.3 Å². The number of alkyl halides is 6. The van der Waals surface area contributed by atoms with E-state index in [1.165, 1.54) is 18.5 Å². The molecule has 0 saturated heterocycles. The lowest BCUT2D eigenvalue weighted by atomic mass is 9.73. The Morgan fingerprint density at radius 2 is 1.42 bits per heavy atom. The molecule has 3 aromatic heterocycles. The number of nitrogens with zero attached hydrogens (tertiary/aromatic N) is 4. The van der Waals surface area contributed by atoms with Crippen LogP contribution in [0.1, 0.15) is 88.4 Å². The summed E-state index contributed by atoms with van der Waals surface area (Å²) in [5, 5.41) is 6.65. The molecule has 0 aliphatic heterocycles. The fraction of sp³-hybridized carbons (Fsp3) is 0.364. The van der Waals surface area contributed by atoms with E-state index in [0.29, 0.717) is 17.2 Å². The van der Waals surface area contributed by atoms with E-state index in [1.54, 1.807) is 6.07 Å². The van der Waals surface area contributed by atoms with E-state index in [4.69, 9.17) is 9.72 Å². The number of pyridine rings is 1. The van der Waals surface area contributed by atoms with Crippen LogP contribution in [-0.4, -0.2) is 31.7 Å². The van der Waals surface area contributed by atoms with Crippen LogP contribution >= 0.6 is 0 Å². The number of hydrogen-bond acceptors (Lipinski definition) is 3. The van der Waals surface area contributed by atoms with Crippen molar-refractivity contribution in [3.05, 3.63) is 119 Å². The number of aromatic nitrogens is 4. The Labute approximate surface area is 316 Å². The second kappa shape index (κ2) is 13.3. The molecule has 2 atom stereocenters. The van der Waals surface area contributed by atoms with Crippen molar-refractivity contribution < 1.29 is 31.1 Å². The van der Waals surface area contributed by atoms with Crippen LogP contribution in [0.15, 0.2) is 90.6 Å². The quantitative estimate of drug-likeness (QED) is 0.130. The van der Waals surface area contributed by atoms with Crippen LogP contribution in [0.5, 0.6) is 11.5 Å². The molecule has 7 rings (SSSR count). The lowest BCUT2D eigenvalue weighted by Gasteiger charge is -2.35. The van der Waals surface area contributed by atoms with Crippen LogP contribution in [0.25, 0.3) is 33.3 Å². The van der Waals surface area contributed by atoms with Crippen LogP contribution < -0.4 is 4.74 Å². The molecule has 0 amide bonds. The maximum atomic E-state index is 14.4. The first-order valence-corrected chi connectivity index (χ1v) is 18.4. The highest BCUT2D eigenvalue weighted by Crippen LogP contribution is 2.53. The number of fused-ring (bicyclic) bond motifs is 3. The Morgan fingerprint density at radius 3 is 2.09 bits per heavy atom. The summed E-state index contributed by atoms with van der Waals surface area (Å²) in [6.45, 7) is 15.5. The summed E-state index contributed by atoms with van der Waals surface area (Å²) in [4.78, 5) is 4.76. The van der Waals surface area contributed by atoms with Crippen molar-refractivity contribution in [3.8, 4) is 23.0 Å². The Hall–Kier alpha value is -5.06. The van der Waals surface area contributed by atoms with Gasteiger partial charge in [-0.1, -0.05) is 65.8 Å². The van der Waals surface area contributed by atoms with Gasteiger partial charge in [0.2, 0.25) is 0 Å². The number of allylic oxidation sites excluding steroid dienone is 2. The third-order valence-electron chi connectivity index (χ3n) is 10.7. The molecule has 1 unspecified atom stereocenters. The fourth-order valence-corrected chi connectivity index (χ4v) is 7.89. The summed E-state index contributed by atoms with van der Waals surface area (Å²) in [6.07, 6.45) is -7.77. The summed E-state index contributed by atoms with van der Waals surface area (Å²) in [7, 11) is 0. The summed E-state index contributed by atoms with van der Waals surface area (Å²) in [6, 6.07) is 23.5. The van der Waals surface area contributed by atoms with E-state index in [-0.39, 0.29) is 28.8 Å². The lowest BCUT2D eigenvalue weighted by molar-refractivity contribution is -0.187. The average Bonchev–Trinajstić information content (AvgIpc) is 3.58. The number of halogens is 6. The molecule has 0 radical (unpaired) electrons. The summed E-state index contributed by atoms with van der Waals surface area (Å²) < 4.78 is 96.3. The zero-order valence-corrected chi connectivity index (χ0v) is 32.1. The van der Waals surface area contributed by atoms with E-state index in [1.807, 2.05) is 75.5 Å². The minimum Gasteiger partial charge on any atom is -0.457 e. The molecule has 0 fully saturated rings. The van der Waals surface area contributed by atoms with Crippen LogP contribution in [0.3, 0.4) is 0 Å². The molecule has 1 aliphatic carbocycles. The maximum absolute atomic E-state index is 14.4. The zero-order chi connectivity index (χ0) is 39.8. The van der Waals surface area contributed by atoms with Gasteiger partial charge in [-0.3, -0.25) is 4.57 Å². The number of aryl methyl sites for hydroxylation is 1. The monoisotopic (exact) mass is 758 g/mol. The van der Waals surface area contributed by atoms with Crippen molar-refractivity contribution in [3.63, 3.8) is 0 Å². The molecule has 3 aromatic carbocycles. The smallest absolute Gasteiger partial charge is 0.412 e. The molecule has 0 N–H and O–H groups in total. The number of rotatable bonds is 5. The van der Waals surface area contributed by atoms with Crippen LogP contribution in [0.2, 0.25) is 0 Å². The number of ether oxygens (including phenoxy) is 1. The molecule has 3 heterocycles. The van der Waals surface area contributed by atoms with Crippen molar-refractivity contribution in [2.75, 3.05) is 0 Å². The Kier molecular flexibility index (Phi) is 9.25. The Balaban J connectivity index is 1.35. The van der Waals surface area contributed by atoms with Crippen LogP contribution in [0, 0.1) is 19.8 Å². The first kappa shape index (κ1) is 38.2. The lowest BCUT2D eigenvalue weighted by Crippen LogP contribution is -2.36. The van der Waals surface area contributed by atoms with E-state index >= 15 is 0 Å². The van der Waals surface area contributed by atoms with E-state index in [0.717, 1.165) is 44.8 Å². The van der Waals surface area contributed by atoms with Gasteiger partial charge >= 0.3 is 12.4 Å². The molecule has 0 saturated carbocycles. The number of hydrogen-bond donors (Lipinski definition) is 0. The van der Waals surface area contributed by atoms with Gasteiger partial charge in [0.05, 0.1) is 28.3 Å². The first-order chi connectivity index (χ1) is 25.6. The number of benzene rings is 3.